The SMILES string of the molecule is CCS(=O)(=O)Nc1cc2oc(-c3ccc(F)cc3)c(C(=O)NC)c2cc1-c1cc(C(N)=O)cc(-c2nc3c(F)cccc3o2)c1. The van der Waals surface area contributed by atoms with Gasteiger partial charge >= 0.3 is 0 Å². The van der Waals surface area contributed by atoms with Gasteiger partial charge in [-0.05, 0) is 73.2 Å². The summed E-state index contributed by atoms with van der Waals surface area (Å²) in [6, 6.07) is 17.0. The molecular weight excluding hydrogens is 606 g/mol. The average Bonchev–Trinajstić information content (AvgIpc) is 3.63. The summed E-state index contributed by atoms with van der Waals surface area (Å²) in [5.74, 6) is -2.54. The Balaban J connectivity index is 1.64. The monoisotopic (exact) mass is 630 g/mol. The summed E-state index contributed by atoms with van der Waals surface area (Å²) in [6.07, 6.45) is 0. The van der Waals surface area contributed by atoms with Crippen LogP contribution in [-0.2, 0) is 10.0 Å². The molecule has 0 unspecified atom stereocenters. The van der Waals surface area contributed by atoms with Crippen molar-refractivity contribution >= 4 is 49.6 Å². The van der Waals surface area contributed by atoms with E-state index >= 15 is 0 Å². The van der Waals surface area contributed by atoms with Crippen LogP contribution in [0, 0.1) is 11.6 Å². The summed E-state index contributed by atoms with van der Waals surface area (Å²) in [7, 11) is -2.40. The van der Waals surface area contributed by atoms with Crippen molar-refractivity contribution in [2.45, 2.75) is 6.92 Å². The summed E-state index contributed by atoms with van der Waals surface area (Å²) in [6.45, 7) is 1.46. The lowest BCUT2D eigenvalue weighted by Gasteiger charge is -2.14. The molecule has 0 bridgehead atoms. The fourth-order valence-corrected chi connectivity index (χ4v) is 5.60. The van der Waals surface area contributed by atoms with Crippen molar-refractivity contribution in [2.24, 2.45) is 5.73 Å². The van der Waals surface area contributed by atoms with E-state index in [1.54, 1.807) is 12.1 Å². The Morgan fingerprint density at radius 1 is 0.911 bits per heavy atom. The highest BCUT2D eigenvalue weighted by Crippen LogP contribution is 2.41. The van der Waals surface area contributed by atoms with Gasteiger partial charge in [0.1, 0.15) is 22.7 Å². The van der Waals surface area contributed by atoms with Crippen molar-refractivity contribution in [3.63, 3.8) is 0 Å². The Morgan fingerprint density at radius 2 is 1.64 bits per heavy atom. The second-order valence-corrected chi connectivity index (χ2v) is 12.1. The Bertz CT molecular complexity index is 2260. The van der Waals surface area contributed by atoms with Crippen molar-refractivity contribution in [1.82, 2.24) is 10.3 Å². The van der Waals surface area contributed by atoms with Crippen molar-refractivity contribution in [1.29, 1.82) is 0 Å². The zero-order chi connectivity index (χ0) is 32.0. The molecule has 228 valence electrons. The molecule has 13 heteroatoms. The van der Waals surface area contributed by atoms with Crippen LogP contribution >= 0.6 is 0 Å². The van der Waals surface area contributed by atoms with Crippen molar-refractivity contribution in [3.8, 4) is 33.9 Å². The molecule has 4 N–H and O–H groups in total. The second-order valence-electron chi connectivity index (χ2n) is 10.1. The lowest BCUT2D eigenvalue weighted by atomic mass is 9.95. The number of halogens is 2. The molecule has 0 radical (unpaired) electrons. The van der Waals surface area contributed by atoms with Crippen LogP contribution in [0.5, 0.6) is 0 Å². The van der Waals surface area contributed by atoms with Crippen LogP contribution in [0.1, 0.15) is 27.6 Å². The normalized spacial score (nSPS) is 11.6. The van der Waals surface area contributed by atoms with Gasteiger partial charge in [0.2, 0.25) is 21.8 Å². The van der Waals surface area contributed by atoms with E-state index in [1.165, 1.54) is 74.6 Å². The first kappa shape index (κ1) is 29.5. The maximum atomic E-state index is 14.4. The predicted octanol–water partition coefficient (Wildman–Crippen LogP) is 6.07. The number of rotatable bonds is 8. The van der Waals surface area contributed by atoms with Gasteiger partial charge < -0.3 is 19.9 Å². The quantitative estimate of drug-likeness (QED) is 0.184. The molecule has 0 aliphatic rings. The molecule has 6 aromatic rings. The molecule has 0 atom stereocenters. The van der Waals surface area contributed by atoms with E-state index in [-0.39, 0.29) is 62.0 Å². The maximum absolute atomic E-state index is 14.4. The third kappa shape index (κ3) is 5.49. The third-order valence-corrected chi connectivity index (χ3v) is 8.47. The second kappa shape index (κ2) is 11.2. The van der Waals surface area contributed by atoms with E-state index in [0.717, 1.165) is 0 Å². The summed E-state index contributed by atoms with van der Waals surface area (Å²) in [4.78, 5) is 29.9. The minimum absolute atomic E-state index is 0.0100. The molecule has 2 amide bonds. The molecule has 4 aromatic carbocycles. The van der Waals surface area contributed by atoms with Gasteiger partial charge in [0.25, 0.3) is 5.91 Å². The largest absolute Gasteiger partial charge is 0.455 e. The van der Waals surface area contributed by atoms with Gasteiger partial charge in [0.15, 0.2) is 11.4 Å². The number of furan rings is 1. The summed E-state index contributed by atoms with van der Waals surface area (Å²) in [5, 5.41) is 2.88. The number of amides is 2. The number of carbonyl (C=O) groups excluding carboxylic acids is 2. The Kier molecular flexibility index (Phi) is 7.33. The van der Waals surface area contributed by atoms with Crippen LogP contribution in [0.15, 0.2) is 81.6 Å². The molecule has 0 saturated heterocycles. The molecule has 0 saturated carbocycles. The molecule has 6 rings (SSSR count). The molecule has 0 aliphatic carbocycles. The number of oxazole rings is 1. The maximum Gasteiger partial charge on any atom is 0.255 e. The number of sulfonamides is 1. The number of nitrogens with two attached hydrogens (primary N) is 1. The standard InChI is InChI=1S/C32H24F2N4O6S/c1-3-45(41,42)38-24-15-26-22(27(31(40)36-2)29(43-26)16-7-9-20(33)10-8-16)14-21(24)17-11-18(30(35)39)13-19(12-17)32-37-28-23(34)5-4-6-25(28)44-32/h4-15,38H,3H2,1-2H3,(H2,35,39)(H,36,40). The van der Waals surface area contributed by atoms with E-state index in [0.29, 0.717) is 16.5 Å². The van der Waals surface area contributed by atoms with Gasteiger partial charge in [0.05, 0.1) is 17.0 Å². The molecule has 45 heavy (non-hydrogen) atoms. The molecule has 2 aromatic heterocycles. The Morgan fingerprint density at radius 3 is 2.31 bits per heavy atom. The molecular formula is C32H24F2N4O6S. The van der Waals surface area contributed by atoms with Crippen LogP contribution < -0.4 is 15.8 Å². The Labute approximate surface area is 254 Å². The minimum atomic E-state index is -3.84. The van der Waals surface area contributed by atoms with E-state index in [4.69, 9.17) is 14.6 Å². The first-order valence-corrected chi connectivity index (χ1v) is 15.2. The molecule has 10 nitrogen and oxygen atoms in total. The zero-order valence-electron chi connectivity index (χ0n) is 23.8. The summed E-state index contributed by atoms with van der Waals surface area (Å²) >= 11 is 0. The number of primary amides is 1. The van der Waals surface area contributed by atoms with Gasteiger partial charge in [-0.15, -0.1) is 0 Å². The summed E-state index contributed by atoms with van der Waals surface area (Å²) in [5.41, 5.74) is 7.41. The van der Waals surface area contributed by atoms with Crippen LogP contribution in [0.3, 0.4) is 0 Å². The lowest BCUT2D eigenvalue weighted by Crippen LogP contribution is -2.18. The van der Waals surface area contributed by atoms with Gasteiger partial charge in [-0.3, -0.25) is 14.3 Å². The fourth-order valence-electron chi connectivity index (χ4n) is 4.95. The smallest absolute Gasteiger partial charge is 0.255 e. The number of aromatic nitrogens is 1. The first-order chi connectivity index (χ1) is 21.5. The highest BCUT2D eigenvalue weighted by atomic mass is 32.2. The number of anilines is 1. The average molecular weight is 631 g/mol. The van der Waals surface area contributed by atoms with Gasteiger partial charge in [0, 0.05) is 40.8 Å². The fraction of sp³-hybridized carbons (Fsp3) is 0.0938. The first-order valence-electron chi connectivity index (χ1n) is 13.6. The number of nitrogens with one attached hydrogen (secondary N) is 2. The Hall–Kier alpha value is -5.56. The van der Waals surface area contributed by atoms with Crippen LogP contribution in [0.4, 0.5) is 14.5 Å². The van der Waals surface area contributed by atoms with Crippen molar-refractivity contribution < 1.29 is 35.6 Å². The number of carbonyl (C=O) groups is 2. The topological polar surface area (TPSA) is 158 Å². The van der Waals surface area contributed by atoms with Crippen molar-refractivity contribution in [3.05, 3.63) is 95.6 Å². The number of para-hydroxylation sites is 1. The summed E-state index contributed by atoms with van der Waals surface area (Å²) < 4.78 is 68.1. The van der Waals surface area contributed by atoms with E-state index in [1.807, 2.05) is 0 Å². The lowest BCUT2D eigenvalue weighted by molar-refractivity contribution is 0.0963. The van der Waals surface area contributed by atoms with Crippen LogP contribution in [0.25, 0.3) is 56.0 Å². The number of hydrogen-bond acceptors (Lipinski definition) is 7. The predicted molar refractivity (Wildman–Crippen MR) is 165 cm³/mol. The van der Waals surface area contributed by atoms with Crippen LogP contribution in [-0.4, -0.2) is 38.0 Å². The van der Waals surface area contributed by atoms with E-state index in [9.17, 15) is 26.8 Å². The third-order valence-electron chi connectivity index (χ3n) is 7.18. The molecule has 0 fully saturated rings. The molecule has 0 spiro atoms. The van der Waals surface area contributed by atoms with Crippen LogP contribution in [0.2, 0.25) is 0 Å². The minimum Gasteiger partial charge on any atom is -0.455 e. The zero-order valence-corrected chi connectivity index (χ0v) is 24.6. The number of hydrogen-bond donors (Lipinski definition) is 3. The van der Waals surface area contributed by atoms with Gasteiger partial charge in [-0.2, -0.15) is 0 Å². The highest BCUT2D eigenvalue weighted by molar-refractivity contribution is 7.92. The highest BCUT2D eigenvalue weighted by Gasteiger charge is 2.25. The molecule has 2 heterocycles. The van der Waals surface area contributed by atoms with Gasteiger partial charge in [-0.1, -0.05) is 6.07 Å². The van der Waals surface area contributed by atoms with Crippen molar-refractivity contribution in [2.75, 3.05) is 17.5 Å². The number of nitrogens with zero attached hydrogens (tertiary/aromatic N) is 1. The van der Waals surface area contributed by atoms with E-state index < -0.39 is 33.5 Å². The number of benzene rings is 4. The molecule has 0 aliphatic heterocycles. The van der Waals surface area contributed by atoms with E-state index in [2.05, 4.69) is 15.0 Å². The number of fused-ring (bicyclic) bond motifs is 2. The van der Waals surface area contributed by atoms with Gasteiger partial charge in [-0.25, -0.2) is 22.2 Å².